The number of hydrogen-bond acceptors (Lipinski definition) is 7. The predicted molar refractivity (Wildman–Crippen MR) is 81.0 cm³/mol. The molecule has 0 saturated heterocycles. The number of aliphatic carboxylic acids is 1. The highest BCUT2D eigenvalue weighted by atomic mass is 32.2. The number of ether oxygens (including phenoxy) is 1. The van der Waals surface area contributed by atoms with Gasteiger partial charge in [0.1, 0.15) is 4.75 Å². The van der Waals surface area contributed by atoms with Gasteiger partial charge in [-0.05, 0) is 20.8 Å². The Morgan fingerprint density at radius 2 is 2.05 bits per heavy atom. The van der Waals surface area contributed by atoms with Crippen molar-refractivity contribution < 1.29 is 19.4 Å². The van der Waals surface area contributed by atoms with Gasteiger partial charge in [0.05, 0.1) is 17.0 Å². The zero-order valence-corrected chi connectivity index (χ0v) is 13.6. The lowest BCUT2D eigenvalue weighted by Crippen LogP contribution is -2.29. The molecule has 0 fully saturated rings. The molecule has 0 saturated carbocycles. The maximum Gasteiger partial charge on any atom is 0.322 e. The van der Waals surface area contributed by atoms with Crippen LogP contribution in [0.3, 0.4) is 0 Å². The van der Waals surface area contributed by atoms with Crippen LogP contribution >= 0.6 is 23.1 Å². The number of hydrogen-bond donors (Lipinski definition) is 2. The first-order chi connectivity index (χ1) is 9.22. The van der Waals surface area contributed by atoms with E-state index < -0.39 is 10.7 Å². The van der Waals surface area contributed by atoms with E-state index in [2.05, 4.69) is 4.98 Å². The smallest absolute Gasteiger partial charge is 0.322 e. The highest BCUT2D eigenvalue weighted by Gasteiger charge is 2.31. The second kappa shape index (κ2) is 8.80. The Labute approximate surface area is 126 Å². The number of nitrogens with two attached hydrogens (primary N) is 1. The van der Waals surface area contributed by atoms with Crippen LogP contribution in [0.4, 0.5) is 5.13 Å². The Morgan fingerprint density at radius 1 is 1.50 bits per heavy atom. The minimum atomic E-state index is -0.745. The minimum Gasteiger partial charge on any atom is -0.481 e. The fraction of sp³-hybridized carbons (Fsp3) is 0.583. The average Bonchev–Trinajstić information content (AvgIpc) is 2.75. The first kappa shape index (κ1) is 18.7. The normalized spacial score (nSPS) is 10.4. The fourth-order valence-electron chi connectivity index (χ4n) is 0.917. The molecule has 8 heteroatoms. The molecule has 1 aromatic heterocycles. The molecule has 114 valence electrons. The van der Waals surface area contributed by atoms with Gasteiger partial charge in [0, 0.05) is 6.42 Å². The largest absolute Gasteiger partial charge is 0.481 e. The zero-order chi connectivity index (χ0) is 15.8. The average molecular weight is 320 g/mol. The number of rotatable bonds is 5. The summed E-state index contributed by atoms with van der Waals surface area (Å²) in [5.41, 5.74) is 5.51. The summed E-state index contributed by atoms with van der Waals surface area (Å²) in [5.74, 6) is -0.966. The molecule has 0 aliphatic carbocycles. The third-order valence-electron chi connectivity index (χ3n) is 1.93. The van der Waals surface area contributed by atoms with Gasteiger partial charge in [0.2, 0.25) is 0 Å². The van der Waals surface area contributed by atoms with E-state index in [-0.39, 0.29) is 12.4 Å². The Balaban J connectivity index is 0.000000621. The number of carboxylic acid groups (broad SMARTS) is 1. The van der Waals surface area contributed by atoms with Gasteiger partial charge >= 0.3 is 11.9 Å². The molecule has 0 bridgehead atoms. The van der Waals surface area contributed by atoms with Crippen LogP contribution in [0.5, 0.6) is 0 Å². The number of thioether (sulfide) groups is 1. The van der Waals surface area contributed by atoms with Crippen LogP contribution in [-0.4, -0.2) is 33.4 Å². The monoisotopic (exact) mass is 320 g/mol. The molecule has 0 atom stereocenters. The molecule has 0 radical (unpaired) electrons. The van der Waals surface area contributed by atoms with Gasteiger partial charge in [-0.1, -0.05) is 30.0 Å². The number of nitrogens with zero attached hydrogens (tertiary/aromatic N) is 1. The second-order valence-corrected chi connectivity index (χ2v) is 7.08. The van der Waals surface area contributed by atoms with Crippen molar-refractivity contribution in [1.82, 2.24) is 4.98 Å². The molecule has 3 N–H and O–H groups in total. The maximum absolute atomic E-state index is 11.6. The molecule has 20 heavy (non-hydrogen) atoms. The van der Waals surface area contributed by atoms with Gasteiger partial charge in [-0.25, -0.2) is 4.98 Å². The van der Waals surface area contributed by atoms with E-state index >= 15 is 0 Å². The predicted octanol–water partition coefficient (Wildman–Crippen LogP) is 2.64. The number of esters is 1. The van der Waals surface area contributed by atoms with Crippen LogP contribution in [0.25, 0.3) is 0 Å². The third-order valence-corrected chi connectivity index (χ3v) is 4.03. The van der Waals surface area contributed by atoms with Gasteiger partial charge in [0.15, 0.2) is 5.13 Å². The summed E-state index contributed by atoms with van der Waals surface area (Å²) >= 11 is 2.79. The molecule has 0 aliphatic rings. The molecular formula is C12H20N2O4S2. The van der Waals surface area contributed by atoms with E-state index in [1.54, 1.807) is 20.0 Å². The number of anilines is 1. The van der Waals surface area contributed by atoms with Crippen LogP contribution in [0.1, 0.15) is 34.1 Å². The lowest BCUT2D eigenvalue weighted by atomic mass is 10.2. The van der Waals surface area contributed by atoms with E-state index in [4.69, 9.17) is 15.6 Å². The van der Waals surface area contributed by atoms with Crippen molar-refractivity contribution in [2.45, 2.75) is 43.1 Å². The van der Waals surface area contributed by atoms with Crippen molar-refractivity contribution in [2.75, 3.05) is 12.3 Å². The highest BCUT2D eigenvalue weighted by molar-refractivity contribution is 8.03. The molecule has 0 spiro atoms. The van der Waals surface area contributed by atoms with E-state index in [1.165, 1.54) is 23.1 Å². The summed E-state index contributed by atoms with van der Waals surface area (Å²) < 4.78 is 5.30. The van der Waals surface area contributed by atoms with Gasteiger partial charge in [-0.2, -0.15) is 0 Å². The Kier molecular flexibility index (Phi) is 8.24. The molecule has 0 unspecified atom stereocenters. The Bertz CT molecular complexity index is 446. The molecule has 6 nitrogen and oxygen atoms in total. The molecule has 1 heterocycles. The molecule has 0 aliphatic heterocycles. The van der Waals surface area contributed by atoms with Gasteiger partial charge in [0.25, 0.3) is 0 Å². The maximum atomic E-state index is 11.6. The number of carbonyl (C=O) groups is 2. The molecule has 0 aromatic carbocycles. The number of carbonyl (C=O) groups excluding carboxylic acids is 1. The van der Waals surface area contributed by atoms with Gasteiger partial charge < -0.3 is 15.6 Å². The van der Waals surface area contributed by atoms with Gasteiger partial charge in [-0.3, -0.25) is 9.59 Å². The lowest BCUT2D eigenvalue weighted by Gasteiger charge is -2.20. The topological polar surface area (TPSA) is 103 Å². The van der Waals surface area contributed by atoms with Crippen LogP contribution in [0.15, 0.2) is 10.4 Å². The van der Waals surface area contributed by atoms with E-state index in [1.807, 2.05) is 13.8 Å². The van der Waals surface area contributed by atoms with Crippen molar-refractivity contribution >= 4 is 40.2 Å². The highest BCUT2D eigenvalue weighted by Crippen LogP contribution is 2.37. The summed E-state index contributed by atoms with van der Waals surface area (Å²) in [6, 6.07) is 0. The summed E-state index contributed by atoms with van der Waals surface area (Å²) in [7, 11) is 0. The Morgan fingerprint density at radius 3 is 2.40 bits per heavy atom. The lowest BCUT2D eigenvalue weighted by molar-refractivity contribution is -0.145. The van der Waals surface area contributed by atoms with Crippen LogP contribution in [0.2, 0.25) is 0 Å². The third kappa shape index (κ3) is 7.34. The molecule has 0 amide bonds. The van der Waals surface area contributed by atoms with Crippen LogP contribution in [0, 0.1) is 0 Å². The first-order valence-electron chi connectivity index (χ1n) is 6.02. The summed E-state index contributed by atoms with van der Waals surface area (Å²) in [6.45, 7) is 7.44. The summed E-state index contributed by atoms with van der Waals surface area (Å²) in [6.07, 6.45) is 1.89. The van der Waals surface area contributed by atoms with Crippen molar-refractivity contribution in [3.8, 4) is 0 Å². The number of thiazole rings is 1. The van der Waals surface area contributed by atoms with E-state index in [0.717, 1.165) is 4.21 Å². The van der Waals surface area contributed by atoms with E-state index in [9.17, 15) is 9.59 Å². The molecular weight excluding hydrogens is 300 g/mol. The van der Waals surface area contributed by atoms with Crippen LogP contribution in [-0.2, 0) is 14.3 Å². The SMILES string of the molecule is CCC(=O)O.CCOC(=O)C(C)(C)Sc1cnc(N)s1. The van der Waals surface area contributed by atoms with Crippen molar-refractivity contribution in [3.05, 3.63) is 6.20 Å². The fourth-order valence-corrected chi connectivity index (χ4v) is 3.13. The second-order valence-electron chi connectivity index (χ2n) is 4.10. The quantitative estimate of drug-likeness (QED) is 0.635. The summed E-state index contributed by atoms with van der Waals surface area (Å²) in [5, 5.41) is 8.23. The molecule has 1 rings (SSSR count). The Hall–Kier alpha value is -1.28. The number of aromatic nitrogens is 1. The van der Waals surface area contributed by atoms with Crippen molar-refractivity contribution in [2.24, 2.45) is 0 Å². The zero-order valence-electron chi connectivity index (χ0n) is 12.0. The first-order valence-corrected chi connectivity index (χ1v) is 7.65. The molecule has 1 aromatic rings. The van der Waals surface area contributed by atoms with Crippen LogP contribution < -0.4 is 5.73 Å². The number of nitrogen functional groups attached to an aromatic ring is 1. The minimum absolute atomic E-state index is 0.220. The van der Waals surface area contributed by atoms with Gasteiger partial charge in [-0.15, -0.1) is 0 Å². The summed E-state index contributed by atoms with van der Waals surface area (Å²) in [4.78, 5) is 24.9. The van der Waals surface area contributed by atoms with Crippen molar-refractivity contribution in [3.63, 3.8) is 0 Å². The number of carboxylic acids is 1. The standard InChI is InChI=1S/C9H14N2O2S2.C3H6O2/c1-4-13-7(12)9(2,3)15-6-5-11-8(10)14-6;1-2-3(4)5/h5H,4H2,1-3H3,(H2,10,11);2H2,1H3,(H,4,5). The van der Waals surface area contributed by atoms with E-state index in [0.29, 0.717) is 11.7 Å². The van der Waals surface area contributed by atoms with Crippen molar-refractivity contribution in [1.29, 1.82) is 0 Å².